The number of ether oxygens (including phenoxy) is 2. The number of hydrazine groups is 1. The average molecular weight is 494 g/mol. The van der Waals surface area contributed by atoms with E-state index in [1.54, 1.807) is 54.6 Å². The number of amides is 2. The number of halogens is 1. The molecule has 1 heterocycles. The summed E-state index contributed by atoms with van der Waals surface area (Å²) in [6.45, 7) is 0.621. The normalized spacial score (nSPS) is 14.2. The second-order valence-corrected chi connectivity index (χ2v) is 7.90. The van der Waals surface area contributed by atoms with E-state index >= 15 is 0 Å². The summed E-state index contributed by atoms with van der Waals surface area (Å²) in [5.41, 5.74) is 2.88. The first-order valence-corrected chi connectivity index (χ1v) is 11.0. The van der Waals surface area contributed by atoms with Gasteiger partial charge in [0.25, 0.3) is 17.5 Å². The topological polar surface area (TPSA) is 111 Å². The minimum Gasteiger partial charge on any atom is -0.493 e. The maximum Gasteiger partial charge on any atom is 0.282 e. The Bertz CT molecular complexity index is 1280. The zero-order valence-corrected chi connectivity index (χ0v) is 19.1. The molecular formula is C25H20ClN3O6. The molecule has 0 aromatic heterocycles. The van der Waals surface area contributed by atoms with Crippen LogP contribution < -0.4 is 19.9 Å². The number of hydrogen-bond donors (Lipinski definition) is 1. The van der Waals surface area contributed by atoms with Crippen LogP contribution in [-0.4, -0.2) is 30.0 Å². The van der Waals surface area contributed by atoms with E-state index in [4.69, 9.17) is 21.1 Å². The number of hydrogen-bond acceptors (Lipinski definition) is 6. The highest BCUT2D eigenvalue weighted by atomic mass is 35.5. The van der Waals surface area contributed by atoms with Crippen molar-refractivity contribution in [2.45, 2.75) is 6.42 Å². The molecule has 1 saturated heterocycles. The van der Waals surface area contributed by atoms with Gasteiger partial charge in [-0.3, -0.25) is 25.1 Å². The van der Waals surface area contributed by atoms with Crippen LogP contribution in [0.25, 0.3) is 6.08 Å². The third-order valence-corrected chi connectivity index (χ3v) is 5.29. The van der Waals surface area contributed by atoms with Crippen LogP contribution in [0.5, 0.6) is 11.5 Å². The molecule has 9 nitrogen and oxygen atoms in total. The molecular weight excluding hydrogens is 474 g/mol. The average Bonchev–Trinajstić information content (AvgIpc) is 3.14. The lowest BCUT2D eigenvalue weighted by Crippen LogP contribution is -2.35. The summed E-state index contributed by atoms with van der Waals surface area (Å²) in [6.07, 6.45) is 1.82. The Balaban J connectivity index is 1.48. The second kappa shape index (κ2) is 10.7. The molecule has 3 aromatic rings. The Kier molecular flexibility index (Phi) is 7.27. The molecule has 0 spiro atoms. The van der Waals surface area contributed by atoms with Crippen LogP contribution in [0, 0.1) is 10.1 Å². The van der Waals surface area contributed by atoms with Gasteiger partial charge in [0.05, 0.1) is 23.8 Å². The number of para-hydroxylation sites is 1. The van der Waals surface area contributed by atoms with Crippen molar-refractivity contribution < 1.29 is 24.0 Å². The summed E-state index contributed by atoms with van der Waals surface area (Å²) >= 11 is 5.86. The van der Waals surface area contributed by atoms with E-state index in [0.29, 0.717) is 35.2 Å². The van der Waals surface area contributed by atoms with Crippen molar-refractivity contribution in [3.8, 4) is 11.5 Å². The van der Waals surface area contributed by atoms with Gasteiger partial charge in [0.2, 0.25) is 0 Å². The Morgan fingerprint density at radius 2 is 1.69 bits per heavy atom. The van der Waals surface area contributed by atoms with Crippen LogP contribution in [0.2, 0.25) is 5.02 Å². The molecule has 3 aromatic carbocycles. The van der Waals surface area contributed by atoms with Crippen molar-refractivity contribution in [1.29, 1.82) is 0 Å². The number of non-ortho nitro benzene ring substituents is 1. The molecule has 0 bridgehead atoms. The van der Waals surface area contributed by atoms with Crippen molar-refractivity contribution >= 4 is 40.9 Å². The Morgan fingerprint density at radius 1 is 0.971 bits per heavy atom. The number of nitrogens with one attached hydrogen (secondary N) is 1. The summed E-state index contributed by atoms with van der Waals surface area (Å²) in [4.78, 5) is 36.1. The predicted octanol–water partition coefficient (Wildman–Crippen LogP) is 4.56. The number of anilines is 1. The number of carbonyl (C=O) groups is 2. The van der Waals surface area contributed by atoms with Crippen molar-refractivity contribution in [2.24, 2.45) is 0 Å². The highest BCUT2D eigenvalue weighted by molar-refractivity contribution is 6.31. The van der Waals surface area contributed by atoms with Gasteiger partial charge < -0.3 is 9.47 Å². The summed E-state index contributed by atoms with van der Waals surface area (Å²) in [5.74, 6) is -0.222. The van der Waals surface area contributed by atoms with Crippen molar-refractivity contribution in [3.05, 3.63) is 99.1 Å². The number of carbonyl (C=O) groups excluding carboxylic acids is 2. The minimum atomic E-state index is -0.618. The SMILES string of the molecule is O=C1NN(c2ccccc2)C(=O)/C1=C/c1cc([N+](=O)[O-])ccc1OCCCOc1ccc(Cl)cc1. The monoisotopic (exact) mass is 493 g/mol. The van der Waals surface area contributed by atoms with Crippen LogP contribution in [-0.2, 0) is 9.59 Å². The van der Waals surface area contributed by atoms with Gasteiger partial charge in [0.15, 0.2) is 0 Å². The summed E-state index contributed by atoms with van der Waals surface area (Å²) in [5, 5.41) is 13.0. The minimum absolute atomic E-state index is 0.162. The zero-order valence-electron chi connectivity index (χ0n) is 18.3. The van der Waals surface area contributed by atoms with Crippen LogP contribution in [0.3, 0.4) is 0 Å². The van der Waals surface area contributed by atoms with Gasteiger partial charge in [-0.2, -0.15) is 0 Å². The maximum absolute atomic E-state index is 12.9. The van der Waals surface area contributed by atoms with Crippen LogP contribution in [0.15, 0.2) is 78.4 Å². The van der Waals surface area contributed by atoms with Gasteiger partial charge in [-0.05, 0) is 48.5 Å². The molecule has 0 atom stereocenters. The van der Waals surface area contributed by atoms with E-state index < -0.39 is 16.7 Å². The Morgan fingerprint density at radius 3 is 2.40 bits per heavy atom. The zero-order chi connectivity index (χ0) is 24.8. The second-order valence-electron chi connectivity index (χ2n) is 7.46. The lowest BCUT2D eigenvalue weighted by atomic mass is 10.1. The van der Waals surface area contributed by atoms with Gasteiger partial charge in [-0.1, -0.05) is 29.8 Å². The largest absolute Gasteiger partial charge is 0.493 e. The molecule has 1 aliphatic heterocycles. The van der Waals surface area contributed by atoms with Crippen molar-refractivity contribution in [2.75, 3.05) is 18.2 Å². The molecule has 1 N–H and O–H groups in total. The van der Waals surface area contributed by atoms with E-state index in [1.165, 1.54) is 24.3 Å². The Hall–Kier alpha value is -4.37. The van der Waals surface area contributed by atoms with Crippen LogP contribution in [0.4, 0.5) is 11.4 Å². The molecule has 1 fully saturated rings. The fourth-order valence-corrected chi connectivity index (χ4v) is 3.45. The first kappa shape index (κ1) is 23.8. The Labute approximate surface area is 205 Å². The van der Waals surface area contributed by atoms with E-state index in [0.717, 1.165) is 5.01 Å². The molecule has 0 saturated carbocycles. The van der Waals surface area contributed by atoms with Gasteiger partial charge in [0.1, 0.15) is 17.1 Å². The van der Waals surface area contributed by atoms with E-state index in [9.17, 15) is 19.7 Å². The standard InChI is InChI=1S/C25H20ClN3O6/c26-18-7-10-21(11-8-18)34-13-4-14-35-23-12-9-20(29(32)33)15-17(23)16-22-24(30)27-28(25(22)31)19-5-2-1-3-6-19/h1-3,5-12,15-16H,4,13-14H2,(H,27,30)/b22-16+. The van der Waals surface area contributed by atoms with Crippen LogP contribution >= 0.6 is 11.6 Å². The third kappa shape index (κ3) is 5.77. The molecule has 1 aliphatic rings. The predicted molar refractivity (Wildman–Crippen MR) is 130 cm³/mol. The lowest BCUT2D eigenvalue weighted by Gasteiger charge is -2.14. The smallest absolute Gasteiger partial charge is 0.282 e. The van der Waals surface area contributed by atoms with Gasteiger partial charge in [-0.25, -0.2) is 5.01 Å². The number of rotatable bonds is 9. The number of nitrogens with zero attached hydrogens (tertiary/aromatic N) is 2. The molecule has 10 heteroatoms. The third-order valence-electron chi connectivity index (χ3n) is 5.04. The fourth-order valence-electron chi connectivity index (χ4n) is 3.33. The molecule has 0 radical (unpaired) electrons. The quantitative estimate of drug-likeness (QED) is 0.154. The highest BCUT2D eigenvalue weighted by Gasteiger charge is 2.34. The first-order chi connectivity index (χ1) is 16.9. The molecule has 4 rings (SSSR count). The summed E-state index contributed by atoms with van der Waals surface area (Å²) in [7, 11) is 0. The molecule has 2 amide bonds. The highest BCUT2D eigenvalue weighted by Crippen LogP contribution is 2.29. The molecule has 178 valence electrons. The van der Waals surface area contributed by atoms with Gasteiger partial charge in [-0.15, -0.1) is 0 Å². The van der Waals surface area contributed by atoms with Crippen molar-refractivity contribution in [1.82, 2.24) is 5.43 Å². The van der Waals surface area contributed by atoms with Gasteiger partial charge >= 0.3 is 0 Å². The van der Waals surface area contributed by atoms with E-state index in [-0.39, 0.29) is 23.4 Å². The fraction of sp³-hybridized carbons (Fsp3) is 0.120. The molecule has 0 unspecified atom stereocenters. The molecule has 0 aliphatic carbocycles. The summed E-state index contributed by atoms with van der Waals surface area (Å²) in [6, 6.07) is 19.6. The van der Waals surface area contributed by atoms with Gasteiger partial charge in [0, 0.05) is 29.1 Å². The lowest BCUT2D eigenvalue weighted by molar-refractivity contribution is -0.384. The maximum atomic E-state index is 12.9. The number of nitro benzene ring substituents is 1. The first-order valence-electron chi connectivity index (χ1n) is 10.6. The van der Waals surface area contributed by atoms with E-state index in [1.807, 2.05) is 0 Å². The number of benzene rings is 3. The molecule has 35 heavy (non-hydrogen) atoms. The van der Waals surface area contributed by atoms with E-state index in [2.05, 4.69) is 5.43 Å². The number of nitro groups is 1. The summed E-state index contributed by atoms with van der Waals surface area (Å²) < 4.78 is 11.4. The van der Waals surface area contributed by atoms with Crippen LogP contribution in [0.1, 0.15) is 12.0 Å². The van der Waals surface area contributed by atoms with Crippen molar-refractivity contribution in [3.63, 3.8) is 0 Å².